The van der Waals surface area contributed by atoms with Crippen molar-refractivity contribution in [1.29, 1.82) is 0 Å². The third-order valence-electron chi connectivity index (χ3n) is 5.12. The highest BCUT2D eigenvalue weighted by molar-refractivity contribution is 7.91. The summed E-state index contributed by atoms with van der Waals surface area (Å²) in [5.74, 6) is 1.33. The van der Waals surface area contributed by atoms with E-state index in [0.717, 1.165) is 30.9 Å². The van der Waals surface area contributed by atoms with Gasteiger partial charge < -0.3 is 14.4 Å². The Morgan fingerprint density at radius 2 is 1.66 bits per heavy atom. The lowest BCUT2D eigenvalue weighted by Gasteiger charge is -2.30. The Hall–Kier alpha value is -2.26. The van der Waals surface area contributed by atoms with E-state index in [-0.39, 0.29) is 15.8 Å². The molecule has 29 heavy (non-hydrogen) atoms. The van der Waals surface area contributed by atoms with Crippen LogP contribution in [0, 0.1) is 0 Å². The molecule has 0 saturated carbocycles. The summed E-state index contributed by atoms with van der Waals surface area (Å²) < 4.78 is 59.6. The second kappa shape index (κ2) is 7.87. The predicted molar refractivity (Wildman–Crippen MR) is 112 cm³/mol. The lowest BCUT2D eigenvalue weighted by molar-refractivity contribution is 0.388. The zero-order chi connectivity index (χ0) is 21.4. The fraction of sp³-hybridized carbons (Fsp3) is 0.400. The van der Waals surface area contributed by atoms with E-state index in [1.165, 1.54) is 12.1 Å². The van der Waals surface area contributed by atoms with Gasteiger partial charge in [0, 0.05) is 30.7 Å². The van der Waals surface area contributed by atoms with Gasteiger partial charge in [-0.2, -0.15) is 0 Å². The molecular formula is C20H25NO6S2. The maximum Gasteiger partial charge on any atom is 0.177 e. The van der Waals surface area contributed by atoms with Crippen LogP contribution in [0.3, 0.4) is 0 Å². The van der Waals surface area contributed by atoms with Gasteiger partial charge in [-0.15, -0.1) is 0 Å². The van der Waals surface area contributed by atoms with Crippen molar-refractivity contribution in [2.75, 3.05) is 38.2 Å². The lowest BCUT2D eigenvalue weighted by Crippen LogP contribution is -2.25. The van der Waals surface area contributed by atoms with Crippen molar-refractivity contribution in [3.63, 3.8) is 0 Å². The zero-order valence-corrected chi connectivity index (χ0v) is 18.5. The maximum absolute atomic E-state index is 12.5. The Kier molecular flexibility index (Phi) is 5.82. The van der Waals surface area contributed by atoms with Crippen LogP contribution in [0.1, 0.15) is 24.4 Å². The van der Waals surface area contributed by atoms with Crippen LogP contribution >= 0.6 is 0 Å². The van der Waals surface area contributed by atoms with Gasteiger partial charge in [-0.3, -0.25) is 0 Å². The van der Waals surface area contributed by atoms with Gasteiger partial charge in [-0.1, -0.05) is 0 Å². The number of methoxy groups -OCH3 is 2. The van der Waals surface area contributed by atoms with Gasteiger partial charge in [0.15, 0.2) is 19.7 Å². The zero-order valence-electron chi connectivity index (χ0n) is 16.9. The molecule has 9 heteroatoms. The number of nitrogens with zero attached hydrogens (tertiary/aromatic N) is 1. The first-order valence-corrected chi connectivity index (χ1v) is 12.9. The summed E-state index contributed by atoms with van der Waals surface area (Å²) in [6.45, 7) is 0.653. The largest absolute Gasteiger partial charge is 0.497 e. The number of benzene rings is 2. The summed E-state index contributed by atoms with van der Waals surface area (Å²) in [6.07, 6.45) is 3.85. The highest BCUT2D eigenvalue weighted by atomic mass is 32.2. The Balaban J connectivity index is 2.13. The van der Waals surface area contributed by atoms with Crippen molar-refractivity contribution in [1.82, 2.24) is 0 Å². The average molecular weight is 440 g/mol. The topological polar surface area (TPSA) is 90.0 Å². The van der Waals surface area contributed by atoms with Crippen LogP contribution < -0.4 is 14.4 Å². The van der Waals surface area contributed by atoms with Crippen LogP contribution in [0.15, 0.2) is 46.2 Å². The Bertz CT molecular complexity index is 1130. The molecule has 1 fully saturated rings. The minimum absolute atomic E-state index is 0.0137. The molecule has 2 aromatic rings. The van der Waals surface area contributed by atoms with Gasteiger partial charge >= 0.3 is 0 Å². The number of sulfone groups is 2. The fourth-order valence-corrected chi connectivity index (χ4v) is 5.36. The lowest BCUT2D eigenvalue weighted by atomic mass is 10.0. The molecule has 0 spiro atoms. The van der Waals surface area contributed by atoms with E-state index in [0.29, 0.717) is 23.7 Å². The summed E-state index contributed by atoms with van der Waals surface area (Å²) in [5, 5.41) is 0. The average Bonchev–Trinajstić information content (AvgIpc) is 3.14. The molecule has 1 aliphatic rings. The molecule has 0 N–H and O–H groups in total. The molecule has 158 valence electrons. The standard InChI is InChI=1S/C20H25NO6S2/c1-26-14-7-9-16(19(12-14)27-2)17-6-5-11-21(17)18-10-8-15(28(3,22)23)13-20(18)29(4,24)25/h7-10,12-13,17H,5-6,11H2,1-4H3/t17-/m0/s1. The first-order chi connectivity index (χ1) is 13.6. The van der Waals surface area contributed by atoms with Crippen LogP contribution in [0.5, 0.6) is 11.5 Å². The smallest absolute Gasteiger partial charge is 0.177 e. The predicted octanol–water partition coefficient (Wildman–Crippen LogP) is 2.85. The maximum atomic E-state index is 12.5. The van der Waals surface area contributed by atoms with Crippen molar-refractivity contribution in [2.45, 2.75) is 28.7 Å². The molecule has 1 saturated heterocycles. The molecule has 1 heterocycles. The van der Waals surface area contributed by atoms with E-state index in [9.17, 15) is 16.8 Å². The summed E-state index contributed by atoms with van der Waals surface area (Å²) in [4.78, 5) is 2.01. The minimum Gasteiger partial charge on any atom is -0.497 e. The molecule has 0 radical (unpaired) electrons. The van der Waals surface area contributed by atoms with Crippen LogP contribution in [0.25, 0.3) is 0 Å². The van der Waals surface area contributed by atoms with E-state index in [1.807, 2.05) is 17.0 Å². The van der Waals surface area contributed by atoms with Gasteiger partial charge in [0.1, 0.15) is 11.5 Å². The molecule has 1 aliphatic heterocycles. The van der Waals surface area contributed by atoms with Gasteiger partial charge in [0.2, 0.25) is 0 Å². The van der Waals surface area contributed by atoms with Gasteiger partial charge in [0.05, 0.1) is 35.7 Å². The molecule has 0 unspecified atom stereocenters. The monoisotopic (exact) mass is 439 g/mol. The van der Waals surface area contributed by atoms with E-state index in [4.69, 9.17) is 9.47 Å². The summed E-state index contributed by atoms with van der Waals surface area (Å²) in [6, 6.07) is 9.77. The van der Waals surface area contributed by atoms with Crippen molar-refractivity contribution in [3.8, 4) is 11.5 Å². The van der Waals surface area contributed by atoms with Crippen LogP contribution in [-0.2, 0) is 19.7 Å². The molecule has 0 amide bonds. The quantitative estimate of drug-likeness (QED) is 0.684. The molecule has 0 bridgehead atoms. The second-order valence-electron chi connectivity index (χ2n) is 7.13. The van der Waals surface area contributed by atoms with Gasteiger partial charge in [-0.05, 0) is 43.2 Å². The highest BCUT2D eigenvalue weighted by Crippen LogP contribution is 2.43. The Morgan fingerprint density at radius 3 is 2.24 bits per heavy atom. The summed E-state index contributed by atoms with van der Waals surface area (Å²) in [5.41, 5.74) is 1.43. The van der Waals surface area contributed by atoms with E-state index in [2.05, 4.69) is 0 Å². The first kappa shape index (κ1) is 21.4. The van der Waals surface area contributed by atoms with Gasteiger partial charge in [0.25, 0.3) is 0 Å². The normalized spacial score (nSPS) is 17.4. The molecular weight excluding hydrogens is 414 g/mol. The van der Waals surface area contributed by atoms with Crippen LogP contribution in [0.4, 0.5) is 5.69 Å². The third kappa shape index (κ3) is 4.35. The number of hydrogen-bond donors (Lipinski definition) is 0. The number of anilines is 1. The van der Waals surface area contributed by atoms with Crippen molar-refractivity contribution >= 4 is 25.4 Å². The van der Waals surface area contributed by atoms with E-state index in [1.54, 1.807) is 26.4 Å². The fourth-order valence-electron chi connectivity index (χ4n) is 3.73. The van der Waals surface area contributed by atoms with Gasteiger partial charge in [-0.25, -0.2) is 16.8 Å². The first-order valence-electron chi connectivity index (χ1n) is 9.09. The van der Waals surface area contributed by atoms with E-state index < -0.39 is 19.7 Å². The Labute approximate surface area is 172 Å². The Morgan fingerprint density at radius 1 is 0.931 bits per heavy atom. The second-order valence-corrected chi connectivity index (χ2v) is 11.1. The van der Waals surface area contributed by atoms with Crippen molar-refractivity contribution in [3.05, 3.63) is 42.0 Å². The number of rotatable bonds is 6. The van der Waals surface area contributed by atoms with Crippen LogP contribution in [0.2, 0.25) is 0 Å². The van der Waals surface area contributed by atoms with Crippen molar-refractivity contribution < 1.29 is 26.3 Å². The number of ether oxygens (including phenoxy) is 2. The molecule has 7 nitrogen and oxygen atoms in total. The third-order valence-corrected chi connectivity index (χ3v) is 7.36. The SMILES string of the molecule is COc1ccc([C@@H]2CCCN2c2ccc(S(C)(=O)=O)cc2S(C)(=O)=O)c(OC)c1. The van der Waals surface area contributed by atoms with Crippen molar-refractivity contribution in [2.24, 2.45) is 0 Å². The number of hydrogen-bond acceptors (Lipinski definition) is 7. The summed E-state index contributed by atoms with van der Waals surface area (Å²) in [7, 11) is -4.00. The molecule has 1 atom stereocenters. The minimum atomic E-state index is -3.64. The molecule has 0 aliphatic carbocycles. The highest BCUT2D eigenvalue weighted by Gasteiger charge is 2.32. The molecule has 0 aromatic heterocycles. The van der Waals surface area contributed by atoms with Crippen LogP contribution in [-0.4, -0.2) is 50.1 Å². The summed E-state index contributed by atoms with van der Waals surface area (Å²) >= 11 is 0. The molecule has 3 rings (SSSR count). The molecule has 2 aromatic carbocycles. The van der Waals surface area contributed by atoms with E-state index >= 15 is 0 Å².